The van der Waals surface area contributed by atoms with Crippen molar-refractivity contribution >= 4 is 5.91 Å². The Kier molecular flexibility index (Phi) is 4.48. The molecule has 0 atom stereocenters. The third-order valence-corrected chi connectivity index (χ3v) is 4.18. The van der Waals surface area contributed by atoms with Gasteiger partial charge in [-0.3, -0.25) is 4.79 Å². The minimum atomic E-state index is -0.920. The van der Waals surface area contributed by atoms with E-state index in [0.717, 1.165) is 24.3 Å². The van der Waals surface area contributed by atoms with Gasteiger partial charge in [0.05, 0.1) is 5.60 Å². The summed E-state index contributed by atoms with van der Waals surface area (Å²) in [6.07, 6.45) is 4.51. The van der Waals surface area contributed by atoms with Gasteiger partial charge in [0.25, 0.3) is 5.91 Å². The number of benzene rings is 1. The van der Waals surface area contributed by atoms with Gasteiger partial charge in [-0.1, -0.05) is 19.1 Å². The Morgan fingerprint density at radius 3 is 2.50 bits per heavy atom. The first-order chi connectivity index (χ1) is 9.36. The molecule has 1 aromatic rings. The van der Waals surface area contributed by atoms with Crippen LogP contribution in [-0.4, -0.2) is 17.1 Å². The molecule has 0 aliphatic heterocycles. The maximum atomic E-state index is 12.3. The Labute approximate surface area is 121 Å². The van der Waals surface area contributed by atoms with Gasteiger partial charge in [0.2, 0.25) is 0 Å². The molecule has 1 aromatic carbocycles. The molecule has 1 amide bonds. The second-order valence-electron chi connectivity index (χ2n) is 6.57. The molecule has 1 aliphatic carbocycles. The maximum absolute atomic E-state index is 12.3. The number of carbonyl (C=O) groups excluding carboxylic acids is 1. The highest BCUT2D eigenvalue weighted by Gasteiger charge is 2.21. The lowest BCUT2D eigenvalue weighted by molar-refractivity contribution is 0.0784. The van der Waals surface area contributed by atoms with Crippen LogP contribution >= 0.6 is 0 Å². The molecule has 1 fully saturated rings. The van der Waals surface area contributed by atoms with Crippen LogP contribution in [0.2, 0.25) is 0 Å². The van der Waals surface area contributed by atoms with Crippen LogP contribution < -0.4 is 5.32 Å². The first-order valence-corrected chi connectivity index (χ1v) is 7.50. The molecule has 2 N–H and O–H groups in total. The lowest BCUT2D eigenvalue weighted by Crippen LogP contribution is -2.37. The van der Waals surface area contributed by atoms with Crippen molar-refractivity contribution in [3.05, 3.63) is 35.4 Å². The zero-order valence-electron chi connectivity index (χ0n) is 12.6. The van der Waals surface area contributed by atoms with Crippen molar-refractivity contribution in [1.82, 2.24) is 5.32 Å². The summed E-state index contributed by atoms with van der Waals surface area (Å²) >= 11 is 0. The quantitative estimate of drug-likeness (QED) is 0.890. The number of rotatable bonds is 3. The lowest BCUT2D eigenvalue weighted by Gasteiger charge is -2.27. The fraction of sp³-hybridized carbons (Fsp3) is 0.588. The van der Waals surface area contributed by atoms with E-state index in [-0.39, 0.29) is 5.91 Å². The molecule has 110 valence electrons. The Morgan fingerprint density at radius 1 is 1.25 bits per heavy atom. The van der Waals surface area contributed by atoms with E-state index in [1.807, 2.05) is 12.1 Å². The Bertz CT molecular complexity index is 468. The van der Waals surface area contributed by atoms with Crippen molar-refractivity contribution in [1.29, 1.82) is 0 Å². The van der Waals surface area contributed by atoms with E-state index in [0.29, 0.717) is 11.6 Å². The monoisotopic (exact) mass is 275 g/mol. The summed E-state index contributed by atoms with van der Waals surface area (Å²) in [4.78, 5) is 12.3. The molecule has 0 aromatic heterocycles. The molecule has 3 nitrogen and oxygen atoms in total. The van der Waals surface area contributed by atoms with E-state index < -0.39 is 5.60 Å². The number of carbonyl (C=O) groups is 1. The largest absolute Gasteiger partial charge is 0.386 e. The average Bonchev–Trinajstić information content (AvgIpc) is 2.40. The van der Waals surface area contributed by atoms with Crippen molar-refractivity contribution in [2.45, 2.75) is 58.1 Å². The summed E-state index contributed by atoms with van der Waals surface area (Å²) < 4.78 is 0. The van der Waals surface area contributed by atoms with Crippen LogP contribution in [-0.2, 0) is 5.60 Å². The van der Waals surface area contributed by atoms with Crippen LogP contribution in [0.25, 0.3) is 0 Å². The Morgan fingerprint density at radius 2 is 1.90 bits per heavy atom. The number of hydrogen-bond donors (Lipinski definition) is 2. The van der Waals surface area contributed by atoms with Crippen LogP contribution in [0.4, 0.5) is 0 Å². The zero-order valence-corrected chi connectivity index (χ0v) is 12.6. The van der Waals surface area contributed by atoms with E-state index in [2.05, 4.69) is 12.2 Å². The molecule has 0 radical (unpaired) electrons. The van der Waals surface area contributed by atoms with E-state index in [4.69, 9.17) is 0 Å². The van der Waals surface area contributed by atoms with Gasteiger partial charge in [-0.05, 0) is 63.1 Å². The van der Waals surface area contributed by atoms with Gasteiger partial charge in [-0.15, -0.1) is 0 Å². The topological polar surface area (TPSA) is 49.3 Å². The van der Waals surface area contributed by atoms with E-state index in [1.54, 1.807) is 26.0 Å². The van der Waals surface area contributed by atoms with Crippen molar-refractivity contribution in [2.24, 2.45) is 5.92 Å². The maximum Gasteiger partial charge on any atom is 0.251 e. The highest BCUT2D eigenvalue weighted by Crippen LogP contribution is 2.24. The normalized spacial score (nSPS) is 23.4. The molecular formula is C17H25NO2. The van der Waals surface area contributed by atoms with Crippen molar-refractivity contribution < 1.29 is 9.90 Å². The molecule has 0 saturated heterocycles. The number of amides is 1. The van der Waals surface area contributed by atoms with Gasteiger partial charge in [0, 0.05) is 11.6 Å². The van der Waals surface area contributed by atoms with E-state index >= 15 is 0 Å². The first kappa shape index (κ1) is 15.0. The second-order valence-corrected chi connectivity index (χ2v) is 6.57. The highest BCUT2D eigenvalue weighted by atomic mass is 16.3. The molecule has 20 heavy (non-hydrogen) atoms. The SMILES string of the molecule is CC1CCC(NC(=O)c2cccc(C(C)(C)O)c2)CC1. The van der Waals surface area contributed by atoms with Gasteiger partial charge in [0.1, 0.15) is 0 Å². The predicted molar refractivity (Wildman–Crippen MR) is 80.6 cm³/mol. The highest BCUT2D eigenvalue weighted by molar-refractivity contribution is 5.94. The lowest BCUT2D eigenvalue weighted by atomic mass is 9.87. The molecule has 0 heterocycles. The second kappa shape index (κ2) is 5.96. The van der Waals surface area contributed by atoms with Gasteiger partial charge < -0.3 is 10.4 Å². The summed E-state index contributed by atoms with van der Waals surface area (Å²) in [7, 11) is 0. The minimum absolute atomic E-state index is 0.0318. The van der Waals surface area contributed by atoms with Gasteiger partial charge in [-0.25, -0.2) is 0 Å². The fourth-order valence-electron chi connectivity index (χ4n) is 2.71. The molecule has 0 unspecified atom stereocenters. The van der Waals surface area contributed by atoms with Crippen molar-refractivity contribution in [3.63, 3.8) is 0 Å². The number of nitrogens with one attached hydrogen (secondary N) is 1. The molecule has 0 bridgehead atoms. The molecule has 1 saturated carbocycles. The molecular weight excluding hydrogens is 250 g/mol. The number of aliphatic hydroxyl groups is 1. The smallest absolute Gasteiger partial charge is 0.251 e. The minimum Gasteiger partial charge on any atom is -0.386 e. The first-order valence-electron chi connectivity index (χ1n) is 7.50. The third-order valence-electron chi connectivity index (χ3n) is 4.18. The standard InChI is InChI=1S/C17H25NO2/c1-12-7-9-15(10-8-12)18-16(19)13-5-4-6-14(11-13)17(2,3)20/h4-6,11-12,15,20H,7-10H2,1-3H3,(H,18,19). The van der Waals surface area contributed by atoms with Crippen LogP contribution in [0.1, 0.15) is 62.4 Å². The van der Waals surface area contributed by atoms with Crippen LogP contribution in [0.3, 0.4) is 0 Å². The van der Waals surface area contributed by atoms with Gasteiger partial charge in [-0.2, -0.15) is 0 Å². The zero-order chi connectivity index (χ0) is 14.8. The summed E-state index contributed by atoms with van der Waals surface area (Å²) in [6, 6.07) is 7.55. The number of hydrogen-bond acceptors (Lipinski definition) is 2. The predicted octanol–water partition coefficient (Wildman–Crippen LogP) is 3.22. The van der Waals surface area contributed by atoms with Gasteiger partial charge in [0.15, 0.2) is 0 Å². The summed E-state index contributed by atoms with van der Waals surface area (Å²) in [6.45, 7) is 5.73. The Hall–Kier alpha value is -1.35. The van der Waals surface area contributed by atoms with E-state index in [9.17, 15) is 9.90 Å². The molecule has 2 rings (SSSR count). The third kappa shape index (κ3) is 3.83. The summed E-state index contributed by atoms with van der Waals surface area (Å²) in [5, 5.41) is 13.1. The average molecular weight is 275 g/mol. The molecule has 3 heteroatoms. The van der Waals surface area contributed by atoms with E-state index in [1.165, 1.54) is 12.8 Å². The fourth-order valence-corrected chi connectivity index (χ4v) is 2.71. The van der Waals surface area contributed by atoms with Crippen molar-refractivity contribution in [2.75, 3.05) is 0 Å². The van der Waals surface area contributed by atoms with Crippen molar-refractivity contribution in [3.8, 4) is 0 Å². The summed E-state index contributed by atoms with van der Waals surface area (Å²) in [5.74, 6) is 0.748. The van der Waals surface area contributed by atoms with Crippen LogP contribution in [0.5, 0.6) is 0 Å². The van der Waals surface area contributed by atoms with Crippen LogP contribution in [0.15, 0.2) is 24.3 Å². The summed E-state index contributed by atoms with van der Waals surface area (Å²) in [5.41, 5.74) is 0.474. The van der Waals surface area contributed by atoms with Gasteiger partial charge >= 0.3 is 0 Å². The van der Waals surface area contributed by atoms with Crippen LogP contribution in [0, 0.1) is 5.92 Å². The Balaban J connectivity index is 2.02. The molecule has 1 aliphatic rings. The molecule has 0 spiro atoms.